The molecule has 6 heteroatoms. The molecule has 0 aliphatic carbocycles. The average Bonchev–Trinajstić information content (AvgIpc) is 3.36. The molecule has 128 valence electrons. The van der Waals surface area contributed by atoms with Crippen LogP contribution in [0.15, 0.2) is 46.5 Å². The first-order valence-electron chi connectivity index (χ1n) is 8.23. The largest absolute Gasteiger partial charge is 0.335 e. The first kappa shape index (κ1) is 16.8. The van der Waals surface area contributed by atoms with E-state index in [2.05, 4.69) is 21.8 Å². The van der Waals surface area contributed by atoms with Gasteiger partial charge in [0, 0.05) is 17.5 Å². The lowest BCUT2D eigenvalue weighted by atomic mass is 10.1. The van der Waals surface area contributed by atoms with E-state index in [0.717, 1.165) is 35.7 Å². The van der Waals surface area contributed by atoms with Crippen LogP contribution in [0.25, 0.3) is 10.6 Å². The molecule has 3 nitrogen and oxygen atoms in total. The first-order valence-corrected chi connectivity index (χ1v) is 10.4. The monoisotopic (exact) mass is 388 g/mol. The van der Waals surface area contributed by atoms with Crippen molar-refractivity contribution in [3.63, 3.8) is 0 Å². The Labute approximate surface area is 159 Å². The van der Waals surface area contributed by atoms with Gasteiger partial charge < -0.3 is 4.90 Å². The number of aromatic nitrogens is 1. The Kier molecular flexibility index (Phi) is 4.88. The smallest absolute Gasteiger partial charge is 0.229 e. The SMILES string of the molecule is O=C(Cc1csc(-c2ccccc2Cl)n1)N1CCC[C@@H]1c1ccsc1. The molecule has 4 rings (SSSR count). The fourth-order valence-electron chi connectivity index (χ4n) is 3.28. The average molecular weight is 389 g/mol. The van der Waals surface area contributed by atoms with Crippen LogP contribution in [-0.2, 0) is 11.2 Å². The van der Waals surface area contributed by atoms with Gasteiger partial charge in [0.1, 0.15) is 5.01 Å². The summed E-state index contributed by atoms with van der Waals surface area (Å²) in [6.45, 7) is 0.834. The summed E-state index contributed by atoms with van der Waals surface area (Å²) in [5.41, 5.74) is 3.00. The third-order valence-corrected chi connectivity index (χ3v) is 6.44. The standard InChI is InChI=1S/C19H17ClN2OS2/c20-16-5-2-1-4-15(16)19-21-14(12-25-19)10-18(23)22-8-3-6-17(22)13-7-9-24-11-13/h1-2,4-5,7,9,11-12,17H,3,6,8,10H2/t17-/m1/s1. The number of benzene rings is 1. The summed E-state index contributed by atoms with van der Waals surface area (Å²) in [4.78, 5) is 19.4. The van der Waals surface area contributed by atoms with Gasteiger partial charge in [-0.25, -0.2) is 4.98 Å². The molecule has 0 spiro atoms. The molecule has 3 aromatic rings. The van der Waals surface area contributed by atoms with Crippen LogP contribution in [0.5, 0.6) is 0 Å². The van der Waals surface area contributed by atoms with Crippen LogP contribution in [0.1, 0.15) is 30.1 Å². The second kappa shape index (κ2) is 7.28. The zero-order valence-corrected chi connectivity index (χ0v) is 15.9. The summed E-state index contributed by atoms with van der Waals surface area (Å²) < 4.78 is 0. The molecule has 1 saturated heterocycles. The van der Waals surface area contributed by atoms with Crippen molar-refractivity contribution in [1.82, 2.24) is 9.88 Å². The highest BCUT2D eigenvalue weighted by atomic mass is 35.5. The van der Waals surface area contributed by atoms with Crippen LogP contribution in [0.2, 0.25) is 5.02 Å². The third-order valence-electron chi connectivity index (χ3n) is 4.49. The minimum Gasteiger partial charge on any atom is -0.335 e. The lowest BCUT2D eigenvalue weighted by Gasteiger charge is -2.24. The van der Waals surface area contributed by atoms with Gasteiger partial charge in [-0.2, -0.15) is 11.3 Å². The Balaban J connectivity index is 1.49. The Hall–Kier alpha value is -1.69. The highest BCUT2D eigenvalue weighted by molar-refractivity contribution is 7.13. The van der Waals surface area contributed by atoms with Crippen LogP contribution in [-0.4, -0.2) is 22.3 Å². The van der Waals surface area contributed by atoms with E-state index in [9.17, 15) is 4.79 Å². The van der Waals surface area contributed by atoms with Crippen molar-refractivity contribution in [3.8, 4) is 10.6 Å². The van der Waals surface area contributed by atoms with E-state index in [1.807, 2.05) is 34.5 Å². The van der Waals surface area contributed by atoms with E-state index in [4.69, 9.17) is 11.6 Å². The van der Waals surface area contributed by atoms with E-state index >= 15 is 0 Å². The molecular formula is C19H17ClN2OS2. The zero-order valence-electron chi connectivity index (χ0n) is 13.5. The lowest BCUT2D eigenvalue weighted by molar-refractivity contribution is -0.131. The quantitative estimate of drug-likeness (QED) is 0.596. The normalized spacial score (nSPS) is 17.2. The maximum atomic E-state index is 12.8. The summed E-state index contributed by atoms with van der Waals surface area (Å²) in [5, 5.41) is 7.74. The fourth-order valence-corrected chi connectivity index (χ4v) is 5.13. The van der Waals surface area contributed by atoms with Gasteiger partial charge in [-0.3, -0.25) is 4.79 Å². The van der Waals surface area contributed by atoms with E-state index < -0.39 is 0 Å². The number of carbonyl (C=O) groups excluding carboxylic acids is 1. The second-order valence-electron chi connectivity index (χ2n) is 6.10. The van der Waals surface area contributed by atoms with Crippen molar-refractivity contribution in [2.75, 3.05) is 6.54 Å². The Morgan fingerprint density at radius 2 is 2.16 bits per heavy atom. The van der Waals surface area contributed by atoms with Crippen molar-refractivity contribution in [1.29, 1.82) is 0 Å². The van der Waals surface area contributed by atoms with Gasteiger partial charge in [0.15, 0.2) is 0 Å². The summed E-state index contributed by atoms with van der Waals surface area (Å²) in [7, 11) is 0. The van der Waals surface area contributed by atoms with Crippen molar-refractivity contribution in [2.24, 2.45) is 0 Å². The maximum Gasteiger partial charge on any atom is 0.229 e. The summed E-state index contributed by atoms with van der Waals surface area (Å²) >= 11 is 9.47. The second-order valence-corrected chi connectivity index (χ2v) is 8.15. The van der Waals surface area contributed by atoms with Crippen LogP contribution < -0.4 is 0 Å². The predicted molar refractivity (Wildman–Crippen MR) is 104 cm³/mol. The van der Waals surface area contributed by atoms with Crippen molar-refractivity contribution in [3.05, 3.63) is 62.8 Å². The molecule has 0 N–H and O–H groups in total. The first-order chi connectivity index (χ1) is 12.2. The molecule has 0 unspecified atom stereocenters. The molecule has 1 aliphatic rings. The molecule has 0 radical (unpaired) electrons. The summed E-state index contributed by atoms with van der Waals surface area (Å²) in [6, 6.07) is 10.0. The summed E-state index contributed by atoms with van der Waals surface area (Å²) in [6.07, 6.45) is 2.46. The molecule has 3 heterocycles. The van der Waals surface area contributed by atoms with E-state index in [1.165, 1.54) is 16.9 Å². The number of hydrogen-bond donors (Lipinski definition) is 0. The zero-order chi connectivity index (χ0) is 17.2. The number of nitrogens with zero attached hydrogens (tertiary/aromatic N) is 2. The van der Waals surface area contributed by atoms with Crippen LogP contribution in [0, 0.1) is 0 Å². The number of carbonyl (C=O) groups is 1. The van der Waals surface area contributed by atoms with E-state index in [1.54, 1.807) is 11.3 Å². The van der Waals surface area contributed by atoms with Gasteiger partial charge in [0.2, 0.25) is 5.91 Å². The van der Waals surface area contributed by atoms with E-state index in [0.29, 0.717) is 11.4 Å². The molecule has 25 heavy (non-hydrogen) atoms. The number of hydrogen-bond acceptors (Lipinski definition) is 4. The van der Waals surface area contributed by atoms with Gasteiger partial charge in [0.25, 0.3) is 0 Å². The molecule has 1 amide bonds. The minimum atomic E-state index is 0.157. The van der Waals surface area contributed by atoms with Gasteiger partial charge in [-0.15, -0.1) is 11.3 Å². The number of amides is 1. The Morgan fingerprint density at radius 1 is 1.28 bits per heavy atom. The van der Waals surface area contributed by atoms with Crippen molar-refractivity contribution in [2.45, 2.75) is 25.3 Å². The summed E-state index contributed by atoms with van der Waals surface area (Å²) in [5.74, 6) is 0.157. The van der Waals surface area contributed by atoms with Gasteiger partial charge in [-0.05, 0) is 41.3 Å². The molecular weight excluding hydrogens is 372 g/mol. The Bertz CT molecular complexity index is 875. The molecule has 1 aromatic carbocycles. The van der Waals surface area contributed by atoms with Gasteiger partial charge >= 0.3 is 0 Å². The highest BCUT2D eigenvalue weighted by Gasteiger charge is 2.30. The molecule has 1 fully saturated rings. The maximum absolute atomic E-state index is 12.8. The highest BCUT2D eigenvalue weighted by Crippen LogP contribution is 2.34. The number of halogens is 1. The molecule has 0 saturated carbocycles. The third kappa shape index (κ3) is 3.50. The number of rotatable bonds is 4. The van der Waals surface area contributed by atoms with Crippen molar-refractivity contribution < 1.29 is 4.79 Å². The minimum absolute atomic E-state index is 0.157. The molecule has 2 aromatic heterocycles. The number of thiophene rings is 1. The Morgan fingerprint density at radius 3 is 2.96 bits per heavy atom. The predicted octanol–water partition coefficient (Wildman–Crippen LogP) is 5.43. The van der Waals surface area contributed by atoms with Crippen molar-refractivity contribution >= 4 is 40.2 Å². The molecule has 1 aliphatic heterocycles. The topological polar surface area (TPSA) is 33.2 Å². The number of thiazole rings is 1. The lowest BCUT2D eigenvalue weighted by Crippen LogP contribution is -2.31. The van der Waals surface area contributed by atoms with E-state index in [-0.39, 0.29) is 11.9 Å². The van der Waals surface area contributed by atoms with Crippen LogP contribution >= 0.6 is 34.3 Å². The van der Waals surface area contributed by atoms with Crippen LogP contribution in [0.3, 0.4) is 0 Å². The molecule has 1 atom stereocenters. The van der Waals surface area contributed by atoms with Crippen LogP contribution in [0.4, 0.5) is 0 Å². The molecule has 0 bridgehead atoms. The van der Waals surface area contributed by atoms with Gasteiger partial charge in [0.05, 0.1) is 23.2 Å². The number of likely N-dealkylation sites (tertiary alicyclic amines) is 1. The fraction of sp³-hybridized carbons (Fsp3) is 0.263. The van der Waals surface area contributed by atoms with Gasteiger partial charge in [-0.1, -0.05) is 29.8 Å².